The molecule has 1 rings (SSSR count). The first-order chi connectivity index (χ1) is 6.74. The van der Waals surface area contributed by atoms with E-state index < -0.39 is 0 Å². The van der Waals surface area contributed by atoms with Gasteiger partial charge in [0.05, 0.1) is 0 Å². The number of nitrogens with one attached hydrogen (secondary N) is 1. The van der Waals surface area contributed by atoms with Gasteiger partial charge in [-0.15, -0.1) is 0 Å². The molecule has 0 amide bonds. The maximum absolute atomic E-state index is 3.45. The Balaban J connectivity index is 2.47. The molecule has 0 saturated carbocycles. The standard InChI is InChI=1S/C13H21N/c1-4-8-14-10-12(3)13-7-5-6-11(2)9-13/h5-7,9,12,14H,4,8,10H2,1-3H3/t12-/m0/s1. The van der Waals surface area contributed by atoms with Crippen LogP contribution in [0.2, 0.25) is 0 Å². The van der Waals surface area contributed by atoms with Gasteiger partial charge >= 0.3 is 0 Å². The largest absolute Gasteiger partial charge is 0.316 e. The maximum Gasteiger partial charge on any atom is 0.00174 e. The average molecular weight is 191 g/mol. The minimum atomic E-state index is 0.612. The van der Waals surface area contributed by atoms with Crippen LogP contribution in [0.4, 0.5) is 0 Å². The van der Waals surface area contributed by atoms with Gasteiger partial charge in [0.15, 0.2) is 0 Å². The topological polar surface area (TPSA) is 12.0 Å². The fourth-order valence-corrected chi connectivity index (χ4v) is 1.59. The predicted molar refractivity (Wildman–Crippen MR) is 62.8 cm³/mol. The van der Waals surface area contributed by atoms with Crippen molar-refractivity contribution >= 4 is 0 Å². The molecule has 1 aromatic carbocycles. The summed E-state index contributed by atoms with van der Waals surface area (Å²) >= 11 is 0. The Labute approximate surface area is 87.5 Å². The average Bonchev–Trinajstić information content (AvgIpc) is 2.18. The molecular weight excluding hydrogens is 170 g/mol. The SMILES string of the molecule is CCCNC[C@H](C)c1cccc(C)c1. The van der Waals surface area contributed by atoms with E-state index in [-0.39, 0.29) is 0 Å². The number of aryl methyl sites for hydroxylation is 1. The summed E-state index contributed by atoms with van der Waals surface area (Å²) in [5.74, 6) is 0.612. The van der Waals surface area contributed by atoms with Crippen molar-refractivity contribution < 1.29 is 0 Å². The van der Waals surface area contributed by atoms with Gasteiger partial charge in [-0.1, -0.05) is 43.7 Å². The van der Waals surface area contributed by atoms with E-state index in [1.807, 2.05) is 0 Å². The van der Waals surface area contributed by atoms with Crippen molar-refractivity contribution in [2.24, 2.45) is 0 Å². The molecule has 0 spiro atoms. The van der Waals surface area contributed by atoms with Gasteiger partial charge in [-0.3, -0.25) is 0 Å². The molecule has 0 aliphatic rings. The molecule has 0 fully saturated rings. The van der Waals surface area contributed by atoms with Crippen LogP contribution < -0.4 is 5.32 Å². The monoisotopic (exact) mass is 191 g/mol. The molecule has 0 heterocycles. The summed E-state index contributed by atoms with van der Waals surface area (Å²) < 4.78 is 0. The molecule has 0 aliphatic carbocycles. The Hall–Kier alpha value is -0.820. The first-order valence-corrected chi connectivity index (χ1v) is 5.51. The lowest BCUT2D eigenvalue weighted by Crippen LogP contribution is -2.20. The summed E-state index contributed by atoms with van der Waals surface area (Å²) in [7, 11) is 0. The molecule has 14 heavy (non-hydrogen) atoms. The summed E-state index contributed by atoms with van der Waals surface area (Å²) in [6, 6.07) is 8.78. The highest BCUT2D eigenvalue weighted by molar-refractivity contribution is 5.25. The van der Waals surface area contributed by atoms with Gasteiger partial charge in [0.2, 0.25) is 0 Å². The molecule has 0 bridgehead atoms. The van der Waals surface area contributed by atoms with Gasteiger partial charge in [-0.2, -0.15) is 0 Å². The first kappa shape index (κ1) is 11.3. The van der Waals surface area contributed by atoms with Crippen LogP contribution >= 0.6 is 0 Å². The lowest BCUT2D eigenvalue weighted by molar-refractivity contribution is 0.609. The highest BCUT2D eigenvalue weighted by atomic mass is 14.8. The summed E-state index contributed by atoms with van der Waals surface area (Å²) in [6.45, 7) is 8.82. The minimum Gasteiger partial charge on any atom is -0.316 e. The van der Waals surface area contributed by atoms with Crippen molar-refractivity contribution in [2.45, 2.75) is 33.1 Å². The molecule has 0 unspecified atom stereocenters. The Kier molecular flexibility index (Phi) is 4.68. The molecule has 1 N–H and O–H groups in total. The highest BCUT2D eigenvalue weighted by Gasteiger charge is 2.03. The Morgan fingerprint density at radius 1 is 1.36 bits per heavy atom. The summed E-state index contributed by atoms with van der Waals surface area (Å²) in [6.07, 6.45) is 1.21. The van der Waals surface area contributed by atoms with Gasteiger partial charge in [0.1, 0.15) is 0 Å². The molecule has 1 aromatic rings. The minimum absolute atomic E-state index is 0.612. The van der Waals surface area contributed by atoms with E-state index in [0.717, 1.165) is 13.1 Å². The summed E-state index contributed by atoms with van der Waals surface area (Å²) in [4.78, 5) is 0. The molecular formula is C13H21N. The van der Waals surface area contributed by atoms with Gasteiger partial charge < -0.3 is 5.32 Å². The van der Waals surface area contributed by atoms with Crippen LogP contribution in [0.25, 0.3) is 0 Å². The second-order valence-electron chi connectivity index (χ2n) is 4.02. The van der Waals surface area contributed by atoms with E-state index >= 15 is 0 Å². The van der Waals surface area contributed by atoms with E-state index in [1.165, 1.54) is 17.5 Å². The fourth-order valence-electron chi connectivity index (χ4n) is 1.59. The quantitative estimate of drug-likeness (QED) is 0.705. The third-order valence-electron chi connectivity index (χ3n) is 2.49. The maximum atomic E-state index is 3.45. The second kappa shape index (κ2) is 5.82. The van der Waals surface area contributed by atoms with E-state index in [2.05, 4.69) is 50.4 Å². The predicted octanol–water partition coefficient (Wildman–Crippen LogP) is 3.10. The van der Waals surface area contributed by atoms with E-state index in [0.29, 0.717) is 5.92 Å². The van der Waals surface area contributed by atoms with Crippen LogP contribution in [0.5, 0.6) is 0 Å². The van der Waals surface area contributed by atoms with Crippen molar-refractivity contribution in [1.82, 2.24) is 5.32 Å². The zero-order valence-corrected chi connectivity index (χ0v) is 9.51. The molecule has 1 nitrogen and oxygen atoms in total. The van der Waals surface area contributed by atoms with Gasteiger partial charge in [0.25, 0.3) is 0 Å². The number of rotatable bonds is 5. The van der Waals surface area contributed by atoms with E-state index in [9.17, 15) is 0 Å². The molecule has 1 heteroatoms. The molecule has 0 aliphatic heterocycles. The zero-order valence-electron chi connectivity index (χ0n) is 9.51. The molecule has 78 valence electrons. The Bertz CT molecular complexity index is 268. The van der Waals surface area contributed by atoms with Crippen LogP contribution in [-0.2, 0) is 0 Å². The Morgan fingerprint density at radius 2 is 2.14 bits per heavy atom. The smallest absolute Gasteiger partial charge is 0.00174 e. The second-order valence-corrected chi connectivity index (χ2v) is 4.02. The first-order valence-electron chi connectivity index (χ1n) is 5.51. The lowest BCUT2D eigenvalue weighted by atomic mass is 9.99. The normalized spacial score (nSPS) is 12.8. The van der Waals surface area contributed by atoms with Crippen LogP contribution in [0.1, 0.15) is 37.3 Å². The van der Waals surface area contributed by atoms with Gasteiger partial charge in [0, 0.05) is 6.54 Å². The molecule has 0 radical (unpaired) electrons. The van der Waals surface area contributed by atoms with Crippen LogP contribution in [-0.4, -0.2) is 13.1 Å². The van der Waals surface area contributed by atoms with Gasteiger partial charge in [-0.25, -0.2) is 0 Å². The lowest BCUT2D eigenvalue weighted by Gasteiger charge is -2.13. The van der Waals surface area contributed by atoms with Crippen molar-refractivity contribution in [3.05, 3.63) is 35.4 Å². The van der Waals surface area contributed by atoms with Crippen molar-refractivity contribution in [1.29, 1.82) is 0 Å². The zero-order chi connectivity index (χ0) is 10.4. The van der Waals surface area contributed by atoms with Crippen molar-refractivity contribution in [2.75, 3.05) is 13.1 Å². The summed E-state index contributed by atoms with van der Waals surface area (Å²) in [5, 5.41) is 3.45. The third-order valence-corrected chi connectivity index (χ3v) is 2.49. The van der Waals surface area contributed by atoms with Gasteiger partial charge in [-0.05, 0) is 31.4 Å². The highest BCUT2D eigenvalue weighted by Crippen LogP contribution is 2.15. The van der Waals surface area contributed by atoms with Crippen LogP contribution in [0, 0.1) is 6.92 Å². The molecule has 0 aromatic heterocycles. The molecule has 1 atom stereocenters. The van der Waals surface area contributed by atoms with E-state index in [4.69, 9.17) is 0 Å². The summed E-state index contributed by atoms with van der Waals surface area (Å²) in [5.41, 5.74) is 2.79. The molecule has 0 saturated heterocycles. The third kappa shape index (κ3) is 3.51. The van der Waals surface area contributed by atoms with Crippen molar-refractivity contribution in [3.63, 3.8) is 0 Å². The van der Waals surface area contributed by atoms with Crippen LogP contribution in [0.15, 0.2) is 24.3 Å². The van der Waals surface area contributed by atoms with Crippen molar-refractivity contribution in [3.8, 4) is 0 Å². The number of benzene rings is 1. The van der Waals surface area contributed by atoms with E-state index in [1.54, 1.807) is 0 Å². The number of hydrogen-bond donors (Lipinski definition) is 1. The Morgan fingerprint density at radius 3 is 2.79 bits per heavy atom. The number of hydrogen-bond acceptors (Lipinski definition) is 1. The fraction of sp³-hybridized carbons (Fsp3) is 0.538. The van der Waals surface area contributed by atoms with Crippen LogP contribution in [0.3, 0.4) is 0 Å².